The van der Waals surface area contributed by atoms with Crippen molar-refractivity contribution in [2.24, 2.45) is 5.92 Å². The van der Waals surface area contributed by atoms with Crippen LogP contribution in [0.25, 0.3) is 16.3 Å². The summed E-state index contributed by atoms with van der Waals surface area (Å²) in [5.74, 6) is -4.16. The maximum absolute atomic E-state index is 14.8. The SMILES string of the molecule is CC1CC=C(c2cc(F)c(C(F)(F)Oc3ccc4c(F)c(C#CC(F)(F)F)c(F)cc4c3)c(F)c2)CC1. The van der Waals surface area contributed by atoms with E-state index in [1.165, 1.54) is 5.92 Å². The molecule has 1 unspecified atom stereocenters. The molecule has 0 spiro atoms. The van der Waals surface area contributed by atoms with Gasteiger partial charge in [0.25, 0.3) is 0 Å². The maximum atomic E-state index is 14.8. The fraction of sp³-hybridized carbons (Fsp3) is 0.259. The lowest BCUT2D eigenvalue weighted by Gasteiger charge is -2.22. The van der Waals surface area contributed by atoms with Gasteiger partial charge in [-0.1, -0.05) is 18.9 Å². The first-order valence-corrected chi connectivity index (χ1v) is 11.0. The number of alkyl halides is 5. The van der Waals surface area contributed by atoms with Crippen LogP contribution in [0.3, 0.4) is 0 Å². The van der Waals surface area contributed by atoms with E-state index >= 15 is 0 Å². The zero-order valence-corrected chi connectivity index (χ0v) is 19.1. The zero-order chi connectivity index (χ0) is 27.1. The Balaban J connectivity index is 1.66. The van der Waals surface area contributed by atoms with Crippen LogP contribution in [0.2, 0.25) is 0 Å². The molecule has 0 aliphatic heterocycles. The molecular formula is C27H17F9O. The first-order valence-electron chi connectivity index (χ1n) is 11.0. The van der Waals surface area contributed by atoms with Gasteiger partial charge in [0.1, 0.15) is 34.6 Å². The van der Waals surface area contributed by atoms with E-state index in [9.17, 15) is 39.5 Å². The highest BCUT2D eigenvalue weighted by atomic mass is 19.4. The van der Waals surface area contributed by atoms with Crippen LogP contribution in [0.15, 0.2) is 42.5 Å². The Hall–Kier alpha value is -3.61. The van der Waals surface area contributed by atoms with Crippen molar-refractivity contribution in [1.29, 1.82) is 0 Å². The molecule has 0 saturated heterocycles. The highest BCUT2D eigenvalue weighted by molar-refractivity contribution is 5.86. The van der Waals surface area contributed by atoms with Gasteiger partial charge >= 0.3 is 12.3 Å². The summed E-state index contributed by atoms with van der Waals surface area (Å²) in [5.41, 5.74) is -2.01. The molecule has 1 aliphatic rings. The number of halogens is 9. The Labute approximate surface area is 205 Å². The van der Waals surface area contributed by atoms with Gasteiger partial charge in [-0.15, -0.1) is 0 Å². The number of allylic oxidation sites excluding steroid dienone is 2. The van der Waals surface area contributed by atoms with Crippen LogP contribution in [0.1, 0.15) is 42.9 Å². The molecule has 0 fully saturated rings. The lowest BCUT2D eigenvalue weighted by atomic mass is 9.87. The smallest absolute Gasteiger partial charge is 0.429 e. The van der Waals surface area contributed by atoms with Gasteiger partial charge in [-0.2, -0.15) is 22.0 Å². The van der Waals surface area contributed by atoms with E-state index in [4.69, 9.17) is 0 Å². The molecule has 0 saturated carbocycles. The van der Waals surface area contributed by atoms with Crippen molar-refractivity contribution in [3.63, 3.8) is 0 Å². The molecule has 4 rings (SSSR count). The second kappa shape index (κ2) is 9.69. The summed E-state index contributed by atoms with van der Waals surface area (Å²) in [6.45, 7) is 2.02. The van der Waals surface area contributed by atoms with E-state index < -0.39 is 57.8 Å². The Morgan fingerprint density at radius 1 is 0.892 bits per heavy atom. The van der Waals surface area contributed by atoms with E-state index in [2.05, 4.69) is 4.74 Å². The van der Waals surface area contributed by atoms with Crippen molar-refractivity contribution < 1.29 is 44.3 Å². The minimum absolute atomic E-state index is 0.141. The summed E-state index contributed by atoms with van der Waals surface area (Å²) >= 11 is 0. The van der Waals surface area contributed by atoms with Crippen molar-refractivity contribution in [1.82, 2.24) is 0 Å². The fourth-order valence-corrected chi connectivity index (χ4v) is 4.08. The van der Waals surface area contributed by atoms with Crippen LogP contribution in [0, 0.1) is 41.0 Å². The van der Waals surface area contributed by atoms with Gasteiger partial charge in [-0.05, 0) is 78.1 Å². The second-order valence-electron chi connectivity index (χ2n) is 8.72. The summed E-state index contributed by atoms with van der Waals surface area (Å²) < 4.78 is 129. The molecule has 37 heavy (non-hydrogen) atoms. The summed E-state index contributed by atoms with van der Waals surface area (Å²) in [6.07, 6.45) is -5.67. The summed E-state index contributed by atoms with van der Waals surface area (Å²) in [7, 11) is 0. The van der Waals surface area contributed by atoms with Gasteiger partial charge in [0.15, 0.2) is 0 Å². The van der Waals surface area contributed by atoms with Crippen molar-refractivity contribution in [3.8, 4) is 17.6 Å². The molecule has 1 nitrogen and oxygen atoms in total. The number of hydrogen-bond donors (Lipinski definition) is 0. The van der Waals surface area contributed by atoms with Gasteiger partial charge in [-0.3, -0.25) is 0 Å². The van der Waals surface area contributed by atoms with Crippen LogP contribution in [0.4, 0.5) is 39.5 Å². The minimum atomic E-state index is -4.99. The monoisotopic (exact) mass is 528 g/mol. The zero-order valence-electron chi connectivity index (χ0n) is 19.1. The average molecular weight is 528 g/mol. The third-order valence-electron chi connectivity index (χ3n) is 5.95. The maximum Gasteiger partial charge on any atom is 0.458 e. The topological polar surface area (TPSA) is 9.23 Å². The fourth-order valence-electron chi connectivity index (χ4n) is 4.08. The van der Waals surface area contributed by atoms with Crippen LogP contribution in [-0.4, -0.2) is 6.18 Å². The van der Waals surface area contributed by atoms with E-state index in [0.717, 1.165) is 42.7 Å². The molecule has 0 N–H and O–H groups in total. The van der Waals surface area contributed by atoms with Gasteiger partial charge in [0.2, 0.25) is 0 Å². The highest BCUT2D eigenvalue weighted by Gasteiger charge is 2.41. The molecule has 0 aromatic heterocycles. The predicted molar refractivity (Wildman–Crippen MR) is 119 cm³/mol. The van der Waals surface area contributed by atoms with E-state index in [1.54, 1.807) is 0 Å². The van der Waals surface area contributed by atoms with Crippen LogP contribution in [0.5, 0.6) is 5.75 Å². The van der Waals surface area contributed by atoms with Gasteiger partial charge in [0.05, 0.1) is 5.56 Å². The van der Waals surface area contributed by atoms with Gasteiger partial charge in [-0.25, -0.2) is 17.6 Å². The van der Waals surface area contributed by atoms with Crippen molar-refractivity contribution in [2.45, 2.75) is 38.5 Å². The summed E-state index contributed by atoms with van der Waals surface area (Å²) in [4.78, 5) is 0. The van der Waals surface area contributed by atoms with Gasteiger partial charge < -0.3 is 4.74 Å². The van der Waals surface area contributed by atoms with E-state index in [1.807, 2.05) is 13.0 Å². The average Bonchev–Trinajstić information content (AvgIpc) is 2.77. The third kappa shape index (κ3) is 5.71. The normalized spacial score (nSPS) is 16.3. The first kappa shape index (κ1) is 26.5. The predicted octanol–water partition coefficient (Wildman–Crippen LogP) is 8.64. The lowest BCUT2D eigenvalue weighted by Crippen LogP contribution is -2.25. The number of benzene rings is 3. The number of ether oxygens (including phenoxy) is 1. The van der Waals surface area contributed by atoms with Crippen molar-refractivity contribution in [3.05, 3.63) is 82.4 Å². The molecule has 3 aromatic carbocycles. The quantitative estimate of drug-likeness (QED) is 0.243. The Bertz CT molecular complexity index is 1440. The standard InChI is InChI=1S/C27H17F9O/c1-14-2-4-15(5-3-14)16-11-22(29)24(23(30)12-16)27(35,36)37-18-6-7-19-17(10-18)13-21(28)20(25(19)31)8-9-26(32,33)34/h4,6-7,10-14H,2-3,5H2,1H3. The van der Waals surface area contributed by atoms with E-state index in [-0.39, 0.29) is 10.9 Å². The first-order chi connectivity index (χ1) is 17.2. The summed E-state index contributed by atoms with van der Waals surface area (Å²) in [6, 6.07) is 4.59. The molecule has 0 heterocycles. The van der Waals surface area contributed by atoms with Crippen LogP contribution in [-0.2, 0) is 6.11 Å². The summed E-state index contributed by atoms with van der Waals surface area (Å²) in [5, 5.41) is -0.782. The Morgan fingerprint density at radius 2 is 1.57 bits per heavy atom. The molecule has 10 heteroatoms. The molecule has 0 radical (unpaired) electrons. The third-order valence-corrected chi connectivity index (χ3v) is 5.95. The Morgan fingerprint density at radius 3 is 2.16 bits per heavy atom. The van der Waals surface area contributed by atoms with Gasteiger partial charge in [0, 0.05) is 11.3 Å². The van der Waals surface area contributed by atoms with Crippen molar-refractivity contribution >= 4 is 16.3 Å². The number of fused-ring (bicyclic) bond motifs is 1. The molecular weight excluding hydrogens is 511 g/mol. The van der Waals surface area contributed by atoms with E-state index in [0.29, 0.717) is 30.4 Å². The molecule has 1 aliphatic carbocycles. The highest BCUT2D eigenvalue weighted by Crippen LogP contribution is 2.39. The number of hydrogen-bond acceptors (Lipinski definition) is 1. The van der Waals surface area contributed by atoms with Crippen LogP contribution < -0.4 is 4.74 Å². The van der Waals surface area contributed by atoms with Crippen molar-refractivity contribution in [2.75, 3.05) is 0 Å². The minimum Gasteiger partial charge on any atom is -0.429 e. The number of rotatable bonds is 4. The van der Waals surface area contributed by atoms with Crippen LogP contribution >= 0.6 is 0 Å². The molecule has 3 aromatic rings. The lowest BCUT2D eigenvalue weighted by molar-refractivity contribution is -0.189. The molecule has 1 atom stereocenters. The molecule has 0 bridgehead atoms. The Kier molecular flexibility index (Phi) is 6.93. The largest absolute Gasteiger partial charge is 0.458 e. The molecule has 194 valence electrons. The second-order valence-corrected chi connectivity index (χ2v) is 8.72. The molecule has 0 amide bonds.